The predicted molar refractivity (Wildman–Crippen MR) is 70.3 cm³/mol. The largest absolute Gasteiger partial charge is 0.417 e. The summed E-state index contributed by atoms with van der Waals surface area (Å²) in [6, 6.07) is 4.21. The van der Waals surface area contributed by atoms with Crippen LogP contribution in [0, 0.1) is 0 Å². The Labute approximate surface area is 120 Å². The highest BCUT2D eigenvalue weighted by Gasteiger charge is 2.44. The Kier molecular flexibility index (Phi) is 4.20. The molecule has 0 bridgehead atoms. The lowest BCUT2D eigenvalue weighted by molar-refractivity contribution is -0.138. The fourth-order valence-electron chi connectivity index (χ4n) is 2.54. The molecule has 1 aromatic rings. The molecule has 2 rings (SSSR count). The van der Waals surface area contributed by atoms with E-state index >= 15 is 0 Å². The van der Waals surface area contributed by atoms with Gasteiger partial charge in [0.2, 0.25) is 0 Å². The fraction of sp³-hybridized carbons (Fsp3) is 0.462. The first kappa shape index (κ1) is 15.7. The van der Waals surface area contributed by atoms with Crippen LogP contribution in [0.2, 0.25) is 0 Å². The molecule has 21 heavy (non-hydrogen) atoms. The van der Waals surface area contributed by atoms with Crippen molar-refractivity contribution in [2.45, 2.75) is 37.1 Å². The van der Waals surface area contributed by atoms with Crippen LogP contribution in [0.4, 0.5) is 13.2 Å². The van der Waals surface area contributed by atoms with E-state index in [9.17, 15) is 21.6 Å². The molecular weight excluding hydrogens is 305 g/mol. The van der Waals surface area contributed by atoms with Crippen LogP contribution >= 0.6 is 0 Å². The van der Waals surface area contributed by atoms with Crippen molar-refractivity contribution in [3.05, 3.63) is 40.9 Å². The molecule has 4 nitrogen and oxygen atoms in total. The summed E-state index contributed by atoms with van der Waals surface area (Å²) in [6.45, 7) is 0. The first-order chi connectivity index (χ1) is 9.78. The van der Waals surface area contributed by atoms with Gasteiger partial charge in [0.1, 0.15) is 0 Å². The van der Waals surface area contributed by atoms with Crippen molar-refractivity contribution in [1.82, 2.24) is 0 Å². The van der Waals surface area contributed by atoms with Crippen LogP contribution in [0.1, 0.15) is 36.8 Å². The van der Waals surface area contributed by atoms with E-state index in [1.807, 2.05) is 0 Å². The van der Waals surface area contributed by atoms with E-state index in [1.165, 1.54) is 6.07 Å². The standard InChI is InChI=1S/C13H13F3N2O2S/c14-13(15,16)11-8-4-3-7-10(11)12(18-17)21(19,20)9-5-1-2-6-9/h3-4,7-9H,1-2,5-6H2. The Hall–Kier alpha value is -1.66. The summed E-state index contributed by atoms with van der Waals surface area (Å²) in [4.78, 5) is 2.68. The average Bonchev–Trinajstić information content (AvgIpc) is 2.93. The van der Waals surface area contributed by atoms with Gasteiger partial charge in [0.15, 0.2) is 0 Å². The van der Waals surface area contributed by atoms with E-state index in [1.54, 1.807) is 0 Å². The lowest BCUT2D eigenvalue weighted by atomic mass is 10.1. The molecule has 1 saturated carbocycles. The van der Waals surface area contributed by atoms with Crippen molar-refractivity contribution in [3.8, 4) is 0 Å². The quantitative estimate of drug-likeness (QED) is 0.364. The van der Waals surface area contributed by atoms with Gasteiger partial charge in [0, 0.05) is 0 Å². The molecule has 0 heterocycles. The second-order valence-corrected chi connectivity index (χ2v) is 7.04. The van der Waals surface area contributed by atoms with Gasteiger partial charge in [-0.1, -0.05) is 25.0 Å². The van der Waals surface area contributed by atoms with E-state index in [0.29, 0.717) is 25.7 Å². The number of hydrogen-bond donors (Lipinski definition) is 0. The van der Waals surface area contributed by atoms with E-state index in [2.05, 4.69) is 4.79 Å². The highest BCUT2D eigenvalue weighted by atomic mass is 32.2. The smallest absolute Gasteiger partial charge is 0.360 e. The second kappa shape index (κ2) is 5.61. The lowest BCUT2D eigenvalue weighted by Crippen LogP contribution is -2.29. The third-order valence-electron chi connectivity index (χ3n) is 3.56. The molecule has 0 aromatic heterocycles. The summed E-state index contributed by atoms with van der Waals surface area (Å²) in [7, 11) is -4.09. The van der Waals surface area contributed by atoms with Crippen molar-refractivity contribution in [2.75, 3.05) is 0 Å². The van der Waals surface area contributed by atoms with Gasteiger partial charge in [0.05, 0.1) is 16.4 Å². The average molecular weight is 318 g/mol. The Morgan fingerprint density at radius 2 is 1.76 bits per heavy atom. The number of alkyl halides is 3. The number of halogens is 3. The van der Waals surface area contributed by atoms with Gasteiger partial charge in [-0.05, 0) is 25.0 Å². The summed E-state index contributed by atoms with van der Waals surface area (Å²) in [6.07, 6.45) is -2.59. The molecule has 0 atom stereocenters. The Balaban J connectivity index is 2.57. The van der Waals surface area contributed by atoms with Gasteiger partial charge < -0.3 is 5.53 Å². The first-order valence-corrected chi connectivity index (χ1v) is 7.95. The van der Waals surface area contributed by atoms with Gasteiger partial charge in [0.25, 0.3) is 9.84 Å². The minimum absolute atomic E-state index is 0.371. The van der Waals surface area contributed by atoms with Crippen molar-refractivity contribution in [1.29, 1.82) is 0 Å². The van der Waals surface area contributed by atoms with Gasteiger partial charge in [-0.3, -0.25) is 0 Å². The first-order valence-electron chi connectivity index (χ1n) is 6.41. The Morgan fingerprint density at radius 1 is 1.19 bits per heavy atom. The summed E-state index contributed by atoms with van der Waals surface area (Å²) in [5, 5.41) is -1.69. The molecule has 1 aromatic carbocycles. The van der Waals surface area contributed by atoms with Crippen LogP contribution in [-0.4, -0.2) is 23.5 Å². The van der Waals surface area contributed by atoms with E-state index in [4.69, 9.17) is 5.53 Å². The molecule has 0 radical (unpaired) electrons. The molecule has 1 aliphatic carbocycles. The summed E-state index contributed by atoms with van der Waals surface area (Å²) < 4.78 is 63.7. The van der Waals surface area contributed by atoms with Gasteiger partial charge in [-0.15, -0.1) is 0 Å². The van der Waals surface area contributed by atoms with Crippen LogP contribution in [0.5, 0.6) is 0 Å². The Morgan fingerprint density at radius 3 is 2.29 bits per heavy atom. The molecule has 1 fully saturated rings. The number of sulfone groups is 1. The minimum Gasteiger partial charge on any atom is -0.360 e. The lowest BCUT2D eigenvalue weighted by Gasteiger charge is -2.12. The predicted octanol–water partition coefficient (Wildman–Crippen LogP) is 3.04. The molecule has 0 aliphatic heterocycles. The van der Waals surface area contributed by atoms with Crippen LogP contribution in [0.25, 0.3) is 5.53 Å². The second-order valence-electron chi connectivity index (χ2n) is 4.90. The van der Waals surface area contributed by atoms with Crippen molar-refractivity contribution >= 4 is 14.9 Å². The maximum absolute atomic E-state index is 13.0. The van der Waals surface area contributed by atoms with Crippen LogP contribution in [0.15, 0.2) is 24.3 Å². The van der Waals surface area contributed by atoms with Crippen LogP contribution < -0.4 is 0 Å². The highest BCUT2D eigenvalue weighted by Crippen LogP contribution is 2.34. The molecule has 0 amide bonds. The number of benzene rings is 1. The molecule has 8 heteroatoms. The summed E-state index contributed by atoms with van der Waals surface area (Å²) >= 11 is 0. The van der Waals surface area contributed by atoms with Crippen LogP contribution in [-0.2, 0) is 16.0 Å². The van der Waals surface area contributed by atoms with E-state index < -0.39 is 37.4 Å². The number of rotatable bonds is 2. The normalized spacial score (nSPS) is 16.7. The Bertz CT molecular complexity index is 686. The number of hydrogen-bond acceptors (Lipinski definition) is 2. The zero-order chi connectivity index (χ0) is 15.7. The molecule has 0 spiro atoms. The number of nitrogens with zero attached hydrogens (tertiary/aromatic N) is 2. The maximum Gasteiger partial charge on any atom is 0.417 e. The zero-order valence-electron chi connectivity index (χ0n) is 11.0. The van der Waals surface area contributed by atoms with Crippen molar-refractivity contribution in [3.63, 3.8) is 0 Å². The summed E-state index contributed by atoms with van der Waals surface area (Å²) in [5.74, 6) is 0. The van der Waals surface area contributed by atoms with Gasteiger partial charge in [-0.2, -0.15) is 18.0 Å². The molecular formula is C13H13F3N2O2S. The maximum atomic E-state index is 13.0. The SMILES string of the molecule is [N-]=[N+]=C(c1ccccc1C(F)(F)F)S(=O)(=O)C1CCCC1. The zero-order valence-corrected chi connectivity index (χ0v) is 11.8. The molecule has 0 unspecified atom stereocenters. The minimum atomic E-state index is -4.72. The summed E-state index contributed by atoms with van der Waals surface area (Å²) in [5.41, 5.74) is 7.27. The van der Waals surface area contributed by atoms with Crippen molar-refractivity contribution < 1.29 is 26.4 Å². The highest BCUT2D eigenvalue weighted by molar-refractivity contribution is 8.07. The third kappa shape index (κ3) is 3.01. The van der Waals surface area contributed by atoms with Crippen molar-refractivity contribution in [2.24, 2.45) is 0 Å². The molecule has 0 saturated heterocycles. The van der Waals surface area contributed by atoms with Gasteiger partial charge in [-0.25, -0.2) is 8.42 Å². The van der Waals surface area contributed by atoms with Crippen LogP contribution in [0.3, 0.4) is 0 Å². The fourth-order valence-corrected chi connectivity index (χ4v) is 4.41. The third-order valence-corrected chi connectivity index (χ3v) is 5.75. The topological polar surface area (TPSA) is 70.5 Å². The van der Waals surface area contributed by atoms with E-state index in [0.717, 1.165) is 18.2 Å². The van der Waals surface area contributed by atoms with E-state index in [-0.39, 0.29) is 0 Å². The molecule has 114 valence electrons. The monoisotopic (exact) mass is 318 g/mol. The molecule has 0 N–H and O–H groups in total. The van der Waals surface area contributed by atoms with Gasteiger partial charge >= 0.3 is 11.2 Å². The molecule has 1 aliphatic rings.